The van der Waals surface area contributed by atoms with Gasteiger partial charge in [0.2, 0.25) is 0 Å². The van der Waals surface area contributed by atoms with Crippen molar-refractivity contribution >= 4 is 28.2 Å². The number of nitrogens with one attached hydrogen (secondary N) is 1. The predicted molar refractivity (Wildman–Crippen MR) is 113 cm³/mol. The first-order chi connectivity index (χ1) is 14.2. The molecule has 1 aromatic heterocycles. The number of morpholine rings is 1. The Kier molecular flexibility index (Phi) is 6.13. The van der Waals surface area contributed by atoms with Gasteiger partial charge in [-0.3, -0.25) is 0 Å². The molecule has 0 unspecified atom stereocenters. The normalized spacial score (nSPS) is 14.4. The Bertz CT molecular complexity index is 1010. The van der Waals surface area contributed by atoms with E-state index in [1.807, 2.05) is 24.3 Å². The highest BCUT2D eigenvalue weighted by atomic mass is 35.5. The topological polar surface area (TPSA) is 46.6 Å². The molecule has 152 valence electrons. The first-order valence-corrected chi connectivity index (χ1v) is 9.98. The largest absolute Gasteiger partial charge is 0.497 e. The van der Waals surface area contributed by atoms with E-state index in [2.05, 4.69) is 15.2 Å². The van der Waals surface area contributed by atoms with Gasteiger partial charge in [-0.1, -0.05) is 29.8 Å². The molecule has 1 N–H and O–H groups in total. The summed E-state index contributed by atoms with van der Waals surface area (Å²) in [7, 11) is 1.65. The Hall–Kier alpha value is -2.41. The van der Waals surface area contributed by atoms with Gasteiger partial charge in [-0.15, -0.1) is 0 Å². The van der Waals surface area contributed by atoms with Gasteiger partial charge in [0, 0.05) is 42.7 Å². The van der Waals surface area contributed by atoms with Crippen molar-refractivity contribution in [1.29, 1.82) is 0 Å². The maximum atomic E-state index is 13.9. The van der Waals surface area contributed by atoms with E-state index >= 15 is 0 Å². The van der Waals surface area contributed by atoms with E-state index in [1.54, 1.807) is 19.2 Å². The zero-order valence-electron chi connectivity index (χ0n) is 16.3. The van der Waals surface area contributed by atoms with E-state index < -0.39 is 0 Å². The fourth-order valence-electron chi connectivity index (χ4n) is 3.63. The maximum absolute atomic E-state index is 13.9. The lowest BCUT2D eigenvalue weighted by Crippen LogP contribution is -2.37. The second-order valence-electron chi connectivity index (χ2n) is 6.91. The van der Waals surface area contributed by atoms with Crippen LogP contribution in [-0.4, -0.2) is 38.4 Å². The van der Waals surface area contributed by atoms with Gasteiger partial charge in [0.15, 0.2) is 0 Å². The number of anilines is 1. The van der Waals surface area contributed by atoms with Crippen LogP contribution in [0.2, 0.25) is 5.15 Å². The molecule has 7 heteroatoms. The van der Waals surface area contributed by atoms with Crippen LogP contribution >= 0.6 is 11.6 Å². The summed E-state index contributed by atoms with van der Waals surface area (Å²) in [5, 5.41) is 4.75. The van der Waals surface area contributed by atoms with Crippen molar-refractivity contribution < 1.29 is 13.9 Å². The number of hydrogen-bond donors (Lipinski definition) is 1. The van der Waals surface area contributed by atoms with Crippen LogP contribution in [0.25, 0.3) is 10.9 Å². The summed E-state index contributed by atoms with van der Waals surface area (Å²) >= 11 is 6.60. The summed E-state index contributed by atoms with van der Waals surface area (Å²) in [6, 6.07) is 12.5. The third-order valence-electron chi connectivity index (χ3n) is 5.11. The Balaban J connectivity index is 1.70. The fraction of sp³-hybridized carbons (Fsp3) is 0.318. The summed E-state index contributed by atoms with van der Waals surface area (Å²) in [6.45, 7) is 3.74. The van der Waals surface area contributed by atoms with Crippen LogP contribution in [0, 0.1) is 5.82 Å². The molecule has 1 fully saturated rings. The Morgan fingerprint density at radius 2 is 1.97 bits per heavy atom. The van der Waals surface area contributed by atoms with E-state index in [1.165, 1.54) is 6.07 Å². The molecule has 0 radical (unpaired) electrons. The molecule has 0 aliphatic carbocycles. The van der Waals surface area contributed by atoms with Gasteiger partial charge in [-0.05, 0) is 24.3 Å². The van der Waals surface area contributed by atoms with Crippen LogP contribution in [0.5, 0.6) is 5.75 Å². The summed E-state index contributed by atoms with van der Waals surface area (Å²) < 4.78 is 24.9. The number of rotatable bonds is 6. The first kappa shape index (κ1) is 19.9. The van der Waals surface area contributed by atoms with Crippen molar-refractivity contribution in [2.75, 3.05) is 38.3 Å². The number of benzene rings is 2. The standard InChI is InChI=1S/C22H23ClFN3O2/c1-28-16-6-7-20-17(12-16)21(27-8-10-29-11-9-27)18(22(23)26-20)14-25-13-15-4-2-3-5-19(15)24/h2-7,12,25H,8-11,13-14H2,1H3. The Labute approximate surface area is 174 Å². The molecule has 1 aliphatic heterocycles. The second kappa shape index (κ2) is 8.95. The molecule has 0 atom stereocenters. The van der Waals surface area contributed by atoms with E-state index in [0.717, 1.165) is 41.0 Å². The maximum Gasteiger partial charge on any atom is 0.136 e. The number of ether oxygens (including phenoxy) is 2. The number of halogens is 2. The van der Waals surface area contributed by atoms with Crippen molar-refractivity contribution in [2.24, 2.45) is 0 Å². The van der Waals surface area contributed by atoms with Gasteiger partial charge < -0.3 is 19.7 Å². The average Bonchev–Trinajstić information content (AvgIpc) is 2.75. The predicted octanol–water partition coefficient (Wildman–Crippen LogP) is 4.16. The van der Waals surface area contributed by atoms with E-state index in [0.29, 0.717) is 37.0 Å². The minimum absolute atomic E-state index is 0.221. The highest BCUT2D eigenvalue weighted by molar-refractivity contribution is 6.31. The van der Waals surface area contributed by atoms with Crippen molar-refractivity contribution in [3.63, 3.8) is 0 Å². The van der Waals surface area contributed by atoms with Crippen molar-refractivity contribution in [1.82, 2.24) is 10.3 Å². The molecule has 29 heavy (non-hydrogen) atoms. The van der Waals surface area contributed by atoms with Crippen molar-refractivity contribution in [3.8, 4) is 5.75 Å². The molecule has 0 spiro atoms. The molecule has 2 heterocycles. The minimum atomic E-state index is -0.221. The zero-order chi connectivity index (χ0) is 20.2. The van der Waals surface area contributed by atoms with Crippen molar-refractivity contribution in [2.45, 2.75) is 13.1 Å². The fourth-order valence-corrected chi connectivity index (χ4v) is 3.88. The number of aromatic nitrogens is 1. The first-order valence-electron chi connectivity index (χ1n) is 9.60. The van der Waals surface area contributed by atoms with Gasteiger partial charge in [0.05, 0.1) is 31.5 Å². The number of hydrogen-bond acceptors (Lipinski definition) is 5. The van der Waals surface area contributed by atoms with Crippen LogP contribution < -0.4 is 15.0 Å². The molecule has 0 bridgehead atoms. The Morgan fingerprint density at radius 3 is 2.72 bits per heavy atom. The number of nitrogens with zero attached hydrogens (tertiary/aromatic N) is 2. The minimum Gasteiger partial charge on any atom is -0.497 e. The average molecular weight is 416 g/mol. The van der Waals surface area contributed by atoms with Crippen LogP contribution in [0.1, 0.15) is 11.1 Å². The smallest absolute Gasteiger partial charge is 0.136 e. The lowest BCUT2D eigenvalue weighted by atomic mass is 10.1. The molecule has 3 aromatic rings. The lowest BCUT2D eigenvalue weighted by molar-refractivity contribution is 0.122. The van der Waals surface area contributed by atoms with Gasteiger partial charge >= 0.3 is 0 Å². The molecule has 2 aromatic carbocycles. The molecule has 0 saturated carbocycles. The molecule has 5 nitrogen and oxygen atoms in total. The van der Waals surface area contributed by atoms with E-state index in [4.69, 9.17) is 21.1 Å². The summed E-state index contributed by atoms with van der Waals surface area (Å²) in [6.07, 6.45) is 0. The molecule has 4 rings (SSSR count). The van der Waals surface area contributed by atoms with E-state index in [9.17, 15) is 4.39 Å². The quantitative estimate of drug-likeness (QED) is 0.612. The highest BCUT2D eigenvalue weighted by Gasteiger charge is 2.21. The number of pyridine rings is 1. The third-order valence-corrected chi connectivity index (χ3v) is 5.43. The molecular formula is C22H23ClFN3O2. The van der Waals surface area contributed by atoms with Crippen LogP contribution in [-0.2, 0) is 17.8 Å². The van der Waals surface area contributed by atoms with Crippen LogP contribution in [0.4, 0.5) is 10.1 Å². The summed E-state index contributed by atoms with van der Waals surface area (Å²) in [4.78, 5) is 6.86. The van der Waals surface area contributed by atoms with Crippen LogP contribution in [0.3, 0.4) is 0 Å². The zero-order valence-corrected chi connectivity index (χ0v) is 17.0. The van der Waals surface area contributed by atoms with Gasteiger partial charge in [0.1, 0.15) is 16.7 Å². The third kappa shape index (κ3) is 4.29. The molecule has 0 amide bonds. The summed E-state index contributed by atoms with van der Waals surface area (Å²) in [5.74, 6) is 0.544. The molecular weight excluding hydrogens is 393 g/mol. The Morgan fingerprint density at radius 1 is 1.17 bits per heavy atom. The SMILES string of the molecule is COc1ccc2nc(Cl)c(CNCc3ccccc3F)c(N3CCOCC3)c2c1. The van der Waals surface area contributed by atoms with E-state index in [-0.39, 0.29) is 5.82 Å². The molecule has 1 saturated heterocycles. The second-order valence-corrected chi connectivity index (χ2v) is 7.27. The molecule has 1 aliphatic rings. The summed E-state index contributed by atoms with van der Waals surface area (Å²) in [5.41, 5.74) is 3.36. The number of methoxy groups -OCH3 is 1. The van der Waals surface area contributed by atoms with Gasteiger partial charge in [-0.2, -0.15) is 0 Å². The van der Waals surface area contributed by atoms with Gasteiger partial charge in [-0.25, -0.2) is 9.37 Å². The monoisotopic (exact) mass is 415 g/mol. The van der Waals surface area contributed by atoms with Crippen LogP contribution in [0.15, 0.2) is 42.5 Å². The lowest BCUT2D eigenvalue weighted by Gasteiger charge is -2.32. The van der Waals surface area contributed by atoms with Crippen molar-refractivity contribution in [3.05, 3.63) is 64.6 Å². The highest BCUT2D eigenvalue weighted by Crippen LogP contribution is 2.36. The number of fused-ring (bicyclic) bond motifs is 1. The van der Waals surface area contributed by atoms with Gasteiger partial charge in [0.25, 0.3) is 0 Å².